The minimum Gasteiger partial charge on any atom is -0.444 e. The van der Waals surface area contributed by atoms with E-state index >= 15 is 0 Å². The van der Waals surface area contributed by atoms with Gasteiger partial charge in [-0.05, 0) is 45.4 Å². The van der Waals surface area contributed by atoms with E-state index in [0.29, 0.717) is 31.6 Å². The van der Waals surface area contributed by atoms with Crippen molar-refractivity contribution < 1.29 is 13.9 Å². The summed E-state index contributed by atoms with van der Waals surface area (Å²) in [5.41, 5.74) is 0.211. The van der Waals surface area contributed by atoms with Crippen molar-refractivity contribution in [2.45, 2.75) is 32.8 Å². The molecule has 4 nitrogen and oxygen atoms in total. The minimum atomic E-state index is -0.484. The molecule has 2 N–H and O–H groups in total. The maximum atomic E-state index is 13.3. The number of hydrogen-bond donors (Lipinski definition) is 2. The highest BCUT2D eigenvalue weighted by Crippen LogP contribution is 2.06. The first-order valence-corrected chi connectivity index (χ1v) is 6.79. The second-order valence-corrected chi connectivity index (χ2v) is 5.52. The number of nitrogens with one attached hydrogen (secondary N) is 2. The molecule has 20 heavy (non-hydrogen) atoms. The Balaban J connectivity index is 2.08. The second kappa shape index (κ2) is 7.85. The molecule has 0 fully saturated rings. The van der Waals surface area contributed by atoms with Crippen molar-refractivity contribution in [3.05, 3.63) is 35.6 Å². The molecule has 0 saturated heterocycles. The number of hydrogen-bond acceptors (Lipinski definition) is 3. The van der Waals surface area contributed by atoms with Crippen LogP contribution in [0.5, 0.6) is 0 Å². The maximum Gasteiger partial charge on any atom is 0.407 e. The molecule has 1 aromatic rings. The normalized spacial score (nSPS) is 11.2. The molecule has 0 saturated carbocycles. The van der Waals surface area contributed by atoms with Gasteiger partial charge in [-0.1, -0.05) is 18.2 Å². The quantitative estimate of drug-likeness (QED) is 0.788. The van der Waals surface area contributed by atoms with Crippen LogP contribution in [0.2, 0.25) is 0 Å². The topological polar surface area (TPSA) is 50.4 Å². The number of rotatable bonds is 6. The van der Waals surface area contributed by atoms with Crippen molar-refractivity contribution in [3.8, 4) is 0 Å². The molecule has 0 aromatic heterocycles. The van der Waals surface area contributed by atoms with Gasteiger partial charge in [-0.3, -0.25) is 0 Å². The third kappa shape index (κ3) is 7.09. The van der Waals surface area contributed by atoms with Gasteiger partial charge in [0, 0.05) is 13.1 Å². The molecule has 0 heterocycles. The van der Waals surface area contributed by atoms with Crippen LogP contribution in [0.25, 0.3) is 0 Å². The highest BCUT2D eigenvalue weighted by molar-refractivity contribution is 5.67. The summed E-state index contributed by atoms with van der Waals surface area (Å²) < 4.78 is 18.4. The van der Waals surface area contributed by atoms with Gasteiger partial charge < -0.3 is 15.4 Å². The third-order valence-corrected chi connectivity index (χ3v) is 2.50. The van der Waals surface area contributed by atoms with Gasteiger partial charge in [0.25, 0.3) is 0 Å². The summed E-state index contributed by atoms with van der Waals surface area (Å²) in [4.78, 5) is 11.3. The van der Waals surface area contributed by atoms with Crippen molar-refractivity contribution in [1.82, 2.24) is 10.6 Å². The fourth-order valence-corrected chi connectivity index (χ4v) is 1.62. The number of ether oxygens (including phenoxy) is 1. The van der Waals surface area contributed by atoms with Crippen LogP contribution in [0.15, 0.2) is 24.3 Å². The first kappa shape index (κ1) is 16.4. The van der Waals surface area contributed by atoms with Crippen LogP contribution in [0, 0.1) is 5.82 Å². The van der Waals surface area contributed by atoms with E-state index in [0.717, 1.165) is 0 Å². The average molecular weight is 282 g/mol. The van der Waals surface area contributed by atoms with Gasteiger partial charge in [-0.2, -0.15) is 0 Å². The standard InChI is InChI=1S/C15H23FN2O2/c1-15(2,3)20-14(19)18-11-10-17-9-8-12-6-4-5-7-13(12)16/h4-7,17H,8-11H2,1-3H3,(H,18,19). The first-order valence-electron chi connectivity index (χ1n) is 6.79. The summed E-state index contributed by atoms with van der Waals surface area (Å²) in [6.45, 7) is 7.22. The molecule has 0 radical (unpaired) electrons. The first-order chi connectivity index (χ1) is 9.38. The SMILES string of the molecule is CC(C)(C)OC(=O)NCCNCCc1ccccc1F. The molecule has 0 atom stereocenters. The van der Waals surface area contributed by atoms with Crippen LogP contribution in [0.3, 0.4) is 0 Å². The lowest BCUT2D eigenvalue weighted by molar-refractivity contribution is 0.0528. The number of benzene rings is 1. The Morgan fingerprint density at radius 2 is 1.90 bits per heavy atom. The Bertz CT molecular complexity index is 430. The van der Waals surface area contributed by atoms with E-state index in [1.807, 2.05) is 26.8 Å². The predicted octanol–water partition coefficient (Wildman–Crippen LogP) is 2.48. The van der Waals surface area contributed by atoms with Gasteiger partial charge in [0.2, 0.25) is 0 Å². The summed E-state index contributed by atoms with van der Waals surface area (Å²) in [5, 5.41) is 5.79. The fraction of sp³-hybridized carbons (Fsp3) is 0.533. The number of carbonyl (C=O) groups excluding carboxylic acids is 1. The molecule has 0 unspecified atom stereocenters. The lowest BCUT2D eigenvalue weighted by atomic mass is 10.1. The number of carbonyl (C=O) groups is 1. The molecular weight excluding hydrogens is 259 g/mol. The van der Waals surface area contributed by atoms with Crippen molar-refractivity contribution in [2.24, 2.45) is 0 Å². The zero-order chi connectivity index (χ0) is 15.0. The van der Waals surface area contributed by atoms with Crippen LogP contribution in [0.1, 0.15) is 26.3 Å². The average Bonchev–Trinajstić information content (AvgIpc) is 2.33. The summed E-state index contributed by atoms with van der Waals surface area (Å²) in [6.07, 6.45) is 0.201. The summed E-state index contributed by atoms with van der Waals surface area (Å²) in [5.74, 6) is -0.179. The van der Waals surface area contributed by atoms with E-state index in [1.54, 1.807) is 12.1 Å². The molecule has 1 aromatic carbocycles. The lowest BCUT2D eigenvalue weighted by Gasteiger charge is -2.19. The number of amides is 1. The Morgan fingerprint density at radius 3 is 2.55 bits per heavy atom. The molecule has 1 amide bonds. The monoisotopic (exact) mass is 282 g/mol. The fourth-order valence-electron chi connectivity index (χ4n) is 1.62. The maximum absolute atomic E-state index is 13.3. The molecule has 5 heteroatoms. The Labute approximate surface area is 119 Å². The van der Waals surface area contributed by atoms with Crippen molar-refractivity contribution >= 4 is 6.09 Å². The molecule has 0 spiro atoms. The number of alkyl carbamates (subject to hydrolysis) is 1. The van der Waals surface area contributed by atoms with Crippen LogP contribution in [0.4, 0.5) is 9.18 Å². The van der Waals surface area contributed by atoms with Gasteiger partial charge >= 0.3 is 6.09 Å². The lowest BCUT2D eigenvalue weighted by Crippen LogP contribution is -2.36. The Morgan fingerprint density at radius 1 is 1.20 bits per heavy atom. The van der Waals surface area contributed by atoms with Crippen LogP contribution in [-0.4, -0.2) is 31.3 Å². The highest BCUT2D eigenvalue weighted by atomic mass is 19.1. The molecule has 0 aliphatic carbocycles. The molecule has 112 valence electrons. The van der Waals surface area contributed by atoms with E-state index in [1.165, 1.54) is 6.07 Å². The summed E-state index contributed by atoms with van der Waals surface area (Å²) in [7, 11) is 0. The van der Waals surface area contributed by atoms with E-state index in [9.17, 15) is 9.18 Å². The van der Waals surface area contributed by atoms with E-state index in [4.69, 9.17) is 4.74 Å². The summed E-state index contributed by atoms with van der Waals surface area (Å²) >= 11 is 0. The van der Waals surface area contributed by atoms with Crippen molar-refractivity contribution in [2.75, 3.05) is 19.6 Å². The number of halogens is 1. The zero-order valence-corrected chi connectivity index (χ0v) is 12.3. The van der Waals surface area contributed by atoms with Gasteiger partial charge in [0.1, 0.15) is 11.4 Å². The van der Waals surface area contributed by atoms with Crippen molar-refractivity contribution in [1.29, 1.82) is 0 Å². The van der Waals surface area contributed by atoms with Gasteiger partial charge in [-0.15, -0.1) is 0 Å². The van der Waals surface area contributed by atoms with Crippen LogP contribution < -0.4 is 10.6 Å². The molecular formula is C15H23FN2O2. The molecule has 0 aliphatic heterocycles. The van der Waals surface area contributed by atoms with Crippen molar-refractivity contribution in [3.63, 3.8) is 0 Å². The van der Waals surface area contributed by atoms with Crippen LogP contribution >= 0.6 is 0 Å². The molecule has 1 rings (SSSR count). The third-order valence-electron chi connectivity index (χ3n) is 2.50. The van der Waals surface area contributed by atoms with Gasteiger partial charge in [0.05, 0.1) is 0 Å². The second-order valence-electron chi connectivity index (χ2n) is 5.52. The molecule has 0 bridgehead atoms. The van der Waals surface area contributed by atoms with E-state index < -0.39 is 11.7 Å². The van der Waals surface area contributed by atoms with Crippen LogP contribution in [-0.2, 0) is 11.2 Å². The summed E-state index contributed by atoms with van der Waals surface area (Å²) in [6, 6.07) is 6.73. The largest absolute Gasteiger partial charge is 0.444 e. The van der Waals surface area contributed by atoms with Gasteiger partial charge in [-0.25, -0.2) is 9.18 Å². The zero-order valence-electron chi connectivity index (χ0n) is 12.3. The highest BCUT2D eigenvalue weighted by Gasteiger charge is 2.15. The van der Waals surface area contributed by atoms with E-state index in [-0.39, 0.29) is 5.82 Å². The van der Waals surface area contributed by atoms with E-state index in [2.05, 4.69) is 10.6 Å². The molecule has 0 aliphatic rings. The van der Waals surface area contributed by atoms with Gasteiger partial charge in [0.15, 0.2) is 0 Å². The Hall–Kier alpha value is -1.62. The minimum absolute atomic E-state index is 0.179. The predicted molar refractivity (Wildman–Crippen MR) is 77.2 cm³/mol. The smallest absolute Gasteiger partial charge is 0.407 e. The Kier molecular flexibility index (Phi) is 6.45.